The van der Waals surface area contributed by atoms with E-state index in [0.29, 0.717) is 18.5 Å². The third-order valence-corrected chi connectivity index (χ3v) is 7.64. The van der Waals surface area contributed by atoms with Crippen LogP contribution in [0.25, 0.3) is 0 Å². The van der Waals surface area contributed by atoms with Gasteiger partial charge in [0.05, 0.1) is 21.7 Å². The normalized spacial score (nSPS) is 15.2. The number of amides is 1. The highest BCUT2D eigenvalue weighted by atomic mass is 32.2. The summed E-state index contributed by atoms with van der Waals surface area (Å²) in [7, 11) is -2.34. The van der Waals surface area contributed by atoms with Gasteiger partial charge in [0, 0.05) is 39.8 Å². The minimum Gasteiger partial charge on any atom is -0.366 e. The van der Waals surface area contributed by atoms with Crippen LogP contribution in [0.3, 0.4) is 0 Å². The number of carbonyl (C=O) groups is 1. The number of halogens is 4. The molecular formula is C23H27F4N3O3S. The number of carbonyl (C=O) groups excluding carboxylic acids is 1. The number of anilines is 1. The number of benzene rings is 2. The Labute approximate surface area is 196 Å². The number of hydrogen-bond acceptors (Lipinski definition) is 4. The van der Waals surface area contributed by atoms with Crippen molar-refractivity contribution < 1.29 is 30.8 Å². The number of aryl methyl sites for hydroxylation is 1. The Morgan fingerprint density at radius 1 is 1.06 bits per heavy atom. The van der Waals surface area contributed by atoms with E-state index in [9.17, 15) is 30.8 Å². The van der Waals surface area contributed by atoms with Gasteiger partial charge in [0.25, 0.3) is 5.91 Å². The highest BCUT2D eigenvalue weighted by molar-refractivity contribution is 7.89. The standard InChI is InChI=1S/C23H27F4N3O3S/c1-4-9-28(3)34(32,33)17-6-8-20(24)21(15-17)29-10-12-30(13-11-29)22(31)18-7-5-16(2)14-19(18)23(25,26)27/h5-8,14-15H,4,9-13H2,1-3H3. The lowest BCUT2D eigenvalue weighted by atomic mass is 10.0. The Morgan fingerprint density at radius 2 is 1.71 bits per heavy atom. The van der Waals surface area contributed by atoms with Gasteiger partial charge in [0.2, 0.25) is 10.0 Å². The van der Waals surface area contributed by atoms with Gasteiger partial charge in [0.15, 0.2) is 0 Å². The van der Waals surface area contributed by atoms with Crippen LogP contribution in [0.15, 0.2) is 41.3 Å². The number of hydrogen-bond donors (Lipinski definition) is 0. The van der Waals surface area contributed by atoms with E-state index >= 15 is 0 Å². The van der Waals surface area contributed by atoms with Crippen LogP contribution < -0.4 is 4.90 Å². The van der Waals surface area contributed by atoms with Gasteiger partial charge >= 0.3 is 6.18 Å². The summed E-state index contributed by atoms with van der Waals surface area (Å²) in [5, 5.41) is 0. The van der Waals surface area contributed by atoms with E-state index in [2.05, 4.69) is 0 Å². The topological polar surface area (TPSA) is 60.9 Å². The number of sulfonamides is 1. The molecule has 1 aliphatic rings. The molecule has 34 heavy (non-hydrogen) atoms. The average Bonchev–Trinajstić information content (AvgIpc) is 2.78. The molecule has 1 fully saturated rings. The fourth-order valence-corrected chi connectivity index (χ4v) is 5.19. The van der Waals surface area contributed by atoms with Crippen LogP contribution in [0.2, 0.25) is 0 Å². The quantitative estimate of drug-likeness (QED) is 0.558. The molecule has 1 saturated heterocycles. The summed E-state index contributed by atoms with van der Waals surface area (Å²) in [6.45, 7) is 4.09. The minimum atomic E-state index is -4.67. The van der Waals surface area contributed by atoms with Crippen molar-refractivity contribution in [2.45, 2.75) is 31.3 Å². The lowest BCUT2D eigenvalue weighted by Crippen LogP contribution is -2.49. The van der Waals surface area contributed by atoms with Crippen molar-refractivity contribution >= 4 is 21.6 Å². The second kappa shape index (κ2) is 9.91. The average molecular weight is 502 g/mol. The summed E-state index contributed by atoms with van der Waals surface area (Å²) in [5.41, 5.74) is -0.946. The van der Waals surface area contributed by atoms with E-state index in [1.54, 1.807) is 4.90 Å². The summed E-state index contributed by atoms with van der Waals surface area (Å²) in [5.74, 6) is -1.36. The molecule has 1 amide bonds. The molecule has 0 N–H and O–H groups in total. The van der Waals surface area contributed by atoms with Crippen molar-refractivity contribution in [3.05, 3.63) is 58.9 Å². The summed E-state index contributed by atoms with van der Waals surface area (Å²) < 4.78 is 81.6. The molecule has 0 aromatic heterocycles. The van der Waals surface area contributed by atoms with Crippen molar-refractivity contribution in [1.82, 2.24) is 9.21 Å². The van der Waals surface area contributed by atoms with E-state index in [0.717, 1.165) is 12.1 Å². The molecule has 0 radical (unpaired) electrons. The van der Waals surface area contributed by atoms with E-state index < -0.39 is 39.1 Å². The molecule has 11 heteroatoms. The second-order valence-electron chi connectivity index (χ2n) is 8.27. The van der Waals surface area contributed by atoms with Gasteiger partial charge < -0.3 is 9.80 Å². The van der Waals surface area contributed by atoms with Crippen molar-refractivity contribution in [2.24, 2.45) is 0 Å². The second-order valence-corrected chi connectivity index (χ2v) is 10.3. The number of rotatable bonds is 6. The third-order valence-electron chi connectivity index (χ3n) is 5.78. The monoisotopic (exact) mass is 501 g/mol. The largest absolute Gasteiger partial charge is 0.417 e. The molecule has 0 atom stereocenters. The van der Waals surface area contributed by atoms with Crippen LogP contribution in [0.1, 0.15) is 34.8 Å². The maximum absolute atomic E-state index is 14.6. The Morgan fingerprint density at radius 3 is 2.29 bits per heavy atom. The smallest absolute Gasteiger partial charge is 0.366 e. The number of piperazine rings is 1. The van der Waals surface area contributed by atoms with Gasteiger partial charge in [-0.25, -0.2) is 17.1 Å². The molecular weight excluding hydrogens is 474 g/mol. The third kappa shape index (κ3) is 5.35. The first-order valence-electron chi connectivity index (χ1n) is 10.8. The predicted octanol–water partition coefficient (Wildman–Crippen LogP) is 4.15. The maximum Gasteiger partial charge on any atom is 0.417 e. The van der Waals surface area contributed by atoms with Gasteiger partial charge in [-0.05, 0) is 43.7 Å². The molecule has 1 heterocycles. The van der Waals surface area contributed by atoms with Gasteiger partial charge in [0.1, 0.15) is 5.82 Å². The fraction of sp³-hybridized carbons (Fsp3) is 0.435. The molecule has 0 spiro atoms. The highest BCUT2D eigenvalue weighted by Gasteiger charge is 2.37. The predicted molar refractivity (Wildman–Crippen MR) is 121 cm³/mol. The summed E-state index contributed by atoms with van der Waals surface area (Å²) in [4.78, 5) is 15.7. The van der Waals surface area contributed by atoms with Crippen LogP contribution in [-0.4, -0.2) is 63.3 Å². The van der Waals surface area contributed by atoms with Crippen molar-refractivity contribution in [3.8, 4) is 0 Å². The van der Waals surface area contributed by atoms with E-state index in [-0.39, 0.29) is 36.8 Å². The van der Waals surface area contributed by atoms with Crippen LogP contribution in [0.4, 0.5) is 23.2 Å². The number of alkyl halides is 3. The van der Waals surface area contributed by atoms with Crippen molar-refractivity contribution in [3.63, 3.8) is 0 Å². The molecule has 2 aromatic rings. The summed E-state index contributed by atoms with van der Waals surface area (Å²) in [6, 6.07) is 7.12. The first-order chi connectivity index (χ1) is 15.9. The van der Waals surface area contributed by atoms with Crippen LogP contribution in [-0.2, 0) is 16.2 Å². The zero-order valence-corrected chi connectivity index (χ0v) is 20.0. The fourth-order valence-electron chi connectivity index (χ4n) is 3.91. The van der Waals surface area contributed by atoms with Crippen LogP contribution in [0.5, 0.6) is 0 Å². The van der Waals surface area contributed by atoms with Gasteiger partial charge in [-0.15, -0.1) is 0 Å². The van der Waals surface area contributed by atoms with Gasteiger partial charge in [-0.2, -0.15) is 13.2 Å². The van der Waals surface area contributed by atoms with Crippen molar-refractivity contribution in [1.29, 1.82) is 0 Å². The minimum absolute atomic E-state index is 0.0483. The molecule has 0 bridgehead atoms. The summed E-state index contributed by atoms with van der Waals surface area (Å²) in [6.07, 6.45) is -4.05. The van der Waals surface area contributed by atoms with Gasteiger partial charge in [-0.3, -0.25) is 4.79 Å². The number of nitrogens with zero attached hydrogens (tertiary/aromatic N) is 3. The molecule has 0 saturated carbocycles. The molecule has 186 valence electrons. The molecule has 1 aliphatic heterocycles. The molecule has 6 nitrogen and oxygen atoms in total. The molecule has 3 rings (SSSR count). The lowest BCUT2D eigenvalue weighted by Gasteiger charge is -2.36. The Bertz CT molecular complexity index is 1160. The highest BCUT2D eigenvalue weighted by Crippen LogP contribution is 2.34. The molecule has 0 unspecified atom stereocenters. The maximum atomic E-state index is 14.6. The summed E-state index contributed by atoms with van der Waals surface area (Å²) >= 11 is 0. The first-order valence-corrected chi connectivity index (χ1v) is 12.3. The lowest BCUT2D eigenvalue weighted by molar-refractivity contribution is -0.138. The zero-order valence-electron chi connectivity index (χ0n) is 19.2. The molecule has 2 aromatic carbocycles. The van der Waals surface area contributed by atoms with Crippen LogP contribution >= 0.6 is 0 Å². The van der Waals surface area contributed by atoms with E-state index in [1.807, 2.05) is 6.92 Å². The van der Waals surface area contributed by atoms with Gasteiger partial charge in [-0.1, -0.05) is 18.6 Å². The van der Waals surface area contributed by atoms with E-state index in [1.165, 1.54) is 47.4 Å². The van der Waals surface area contributed by atoms with Crippen LogP contribution in [0, 0.1) is 12.7 Å². The Kier molecular flexibility index (Phi) is 7.56. The first kappa shape index (κ1) is 26.0. The Hall–Kier alpha value is -2.66. The van der Waals surface area contributed by atoms with Crippen molar-refractivity contribution in [2.75, 3.05) is 44.7 Å². The van der Waals surface area contributed by atoms with E-state index in [4.69, 9.17) is 0 Å². The SMILES string of the molecule is CCCN(C)S(=O)(=O)c1ccc(F)c(N2CCN(C(=O)c3ccc(C)cc3C(F)(F)F)CC2)c1. The zero-order chi connectivity index (χ0) is 25.3. The Balaban J connectivity index is 1.79. The molecule has 0 aliphatic carbocycles.